The zero-order chi connectivity index (χ0) is 10.7. The van der Waals surface area contributed by atoms with Crippen LogP contribution in [0.1, 0.15) is 10.4 Å². The summed E-state index contributed by atoms with van der Waals surface area (Å²) >= 11 is 2.98. The highest BCUT2D eigenvalue weighted by Gasteiger charge is 2.19. The number of Topliss-reactive ketones (excluding diaryl/α,β-unsaturated/α-hetero) is 1. The van der Waals surface area contributed by atoms with E-state index in [2.05, 4.69) is 20.7 Å². The predicted octanol–water partition coefficient (Wildman–Crippen LogP) is 1.94. The Balaban J connectivity index is 3.08. The van der Waals surface area contributed by atoms with Gasteiger partial charge in [0.05, 0.1) is 7.11 Å². The highest BCUT2D eigenvalue weighted by molar-refractivity contribution is 9.10. The summed E-state index contributed by atoms with van der Waals surface area (Å²) in [6, 6.07) is 3.43. The third-order valence-electron chi connectivity index (χ3n) is 1.55. The van der Waals surface area contributed by atoms with Gasteiger partial charge in [0.1, 0.15) is 5.82 Å². The summed E-state index contributed by atoms with van der Waals surface area (Å²) in [4.78, 5) is 22.1. The van der Waals surface area contributed by atoms with Crippen LogP contribution in [0.5, 0.6) is 0 Å². The molecule has 0 saturated carbocycles. The van der Waals surface area contributed by atoms with E-state index >= 15 is 0 Å². The van der Waals surface area contributed by atoms with E-state index in [0.29, 0.717) is 0 Å². The van der Waals surface area contributed by atoms with E-state index in [1.54, 1.807) is 0 Å². The molecule has 0 saturated heterocycles. The molecule has 0 bridgehead atoms. The van der Waals surface area contributed by atoms with Crippen molar-refractivity contribution in [3.8, 4) is 0 Å². The summed E-state index contributed by atoms with van der Waals surface area (Å²) in [6.07, 6.45) is 0. The van der Waals surface area contributed by atoms with Crippen LogP contribution < -0.4 is 0 Å². The van der Waals surface area contributed by atoms with Crippen LogP contribution in [0.4, 0.5) is 4.39 Å². The van der Waals surface area contributed by atoms with Crippen molar-refractivity contribution in [3.05, 3.63) is 34.1 Å². The molecule has 5 heteroatoms. The Hall–Kier alpha value is -1.23. The molecule has 1 aromatic rings. The molecule has 0 fully saturated rings. The first kappa shape index (κ1) is 10.8. The number of benzene rings is 1. The van der Waals surface area contributed by atoms with E-state index in [1.807, 2.05) is 0 Å². The number of hydrogen-bond donors (Lipinski definition) is 0. The second kappa shape index (κ2) is 4.32. The van der Waals surface area contributed by atoms with Gasteiger partial charge in [-0.3, -0.25) is 4.79 Å². The fourth-order valence-electron chi connectivity index (χ4n) is 0.876. The average Bonchev–Trinajstić information content (AvgIpc) is 2.15. The van der Waals surface area contributed by atoms with Crippen LogP contribution >= 0.6 is 15.9 Å². The molecule has 1 rings (SSSR count). The van der Waals surface area contributed by atoms with Gasteiger partial charge in [-0.05, 0) is 34.1 Å². The lowest BCUT2D eigenvalue weighted by Gasteiger charge is -2.01. The van der Waals surface area contributed by atoms with E-state index in [0.717, 1.165) is 19.2 Å². The van der Waals surface area contributed by atoms with Crippen molar-refractivity contribution < 1.29 is 18.7 Å². The van der Waals surface area contributed by atoms with E-state index in [9.17, 15) is 14.0 Å². The van der Waals surface area contributed by atoms with Crippen molar-refractivity contribution in [2.45, 2.75) is 0 Å². The maximum atomic E-state index is 12.6. The monoisotopic (exact) mass is 260 g/mol. The molecule has 0 heterocycles. The van der Waals surface area contributed by atoms with Gasteiger partial charge in [0.15, 0.2) is 0 Å². The molecule has 0 N–H and O–H groups in total. The Bertz CT molecular complexity index is 390. The number of carbonyl (C=O) groups excluding carboxylic acids is 2. The molecule has 0 amide bonds. The fraction of sp³-hybridized carbons (Fsp3) is 0.111. The molecule has 0 aromatic heterocycles. The van der Waals surface area contributed by atoms with Crippen LogP contribution in [-0.2, 0) is 9.53 Å². The average molecular weight is 261 g/mol. The number of carbonyl (C=O) groups is 2. The third-order valence-corrected chi connectivity index (χ3v) is 2.20. The molecule has 3 nitrogen and oxygen atoms in total. The first-order valence-electron chi connectivity index (χ1n) is 3.64. The minimum atomic E-state index is -0.975. The minimum Gasteiger partial charge on any atom is -0.463 e. The van der Waals surface area contributed by atoms with E-state index in [-0.39, 0.29) is 10.0 Å². The van der Waals surface area contributed by atoms with Gasteiger partial charge < -0.3 is 4.74 Å². The highest BCUT2D eigenvalue weighted by atomic mass is 79.9. The van der Waals surface area contributed by atoms with Crippen molar-refractivity contribution in [1.29, 1.82) is 0 Å². The standard InChI is InChI=1S/C9H6BrFO3/c1-14-9(13)8(12)6-3-2-5(11)4-7(6)10/h2-4H,1H3. The van der Waals surface area contributed by atoms with Gasteiger partial charge in [-0.1, -0.05) is 0 Å². The number of esters is 1. The van der Waals surface area contributed by atoms with Crippen LogP contribution in [0.25, 0.3) is 0 Å². The van der Waals surface area contributed by atoms with Crippen molar-refractivity contribution >= 4 is 27.7 Å². The van der Waals surface area contributed by atoms with E-state index in [1.165, 1.54) is 6.07 Å². The molecule has 0 spiro atoms. The molecule has 0 aliphatic heterocycles. The van der Waals surface area contributed by atoms with E-state index < -0.39 is 17.6 Å². The number of ether oxygens (including phenoxy) is 1. The summed E-state index contributed by atoms with van der Waals surface area (Å²) in [5.41, 5.74) is 0.0817. The second-order valence-corrected chi connectivity index (χ2v) is 3.30. The normalized spacial score (nSPS) is 9.64. The van der Waals surface area contributed by atoms with Gasteiger partial charge in [0, 0.05) is 10.0 Å². The van der Waals surface area contributed by atoms with E-state index in [4.69, 9.17) is 0 Å². The minimum absolute atomic E-state index is 0.0817. The summed E-state index contributed by atoms with van der Waals surface area (Å²) in [7, 11) is 1.11. The van der Waals surface area contributed by atoms with Gasteiger partial charge in [-0.15, -0.1) is 0 Å². The van der Waals surface area contributed by atoms with Gasteiger partial charge in [0.25, 0.3) is 5.78 Å². The Morgan fingerprint density at radius 1 is 1.43 bits per heavy atom. The maximum absolute atomic E-state index is 12.6. The Kier molecular flexibility index (Phi) is 3.35. The number of halogens is 2. The molecular weight excluding hydrogens is 255 g/mol. The molecule has 14 heavy (non-hydrogen) atoms. The molecular formula is C9H6BrFO3. The van der Waals surface area contributed by atoms with Crippen molar-refractivity contribution in [2.75, 3.05) is 7.11 Å². The van der Waals surface area contributed by atoms with Crippen LogP contribution in [-0.4, -0.2) is 18.9 Å². The van der Waals surface area contributed by atoms with Crippen molar-refractivity contribution in [3.63, 3.8) is 0 Å². The zero-order valence-corrected chi connectivity index (χ0v) is 8.80. The van der Waals surface area contributed by atoms with Crippen molar-refractivity contribution in [1.82, 2.24) is 0 Å². The van der Waals surface area contributed by atoms with Gasteiger partial charge >= 0.3 is 5.97 Å². The van der Waals surface area contributed by atoms with Gasteiger partial charge in [-0.25, -0.2) is 9.18 Å². The lowest BCUT2D eigenvalue weighted by Crippen LogP contribution is -2.16. The van der Waals surface area contributed by atoms with Crippen LogP contribution in [0.15, 0.2) is 22.7 Å². The first-order chi connectivity index (χ1) is 6.56. The number of methoxy groups -OCH3 is 1. The lowest BCUT2D eigenvalue weighted by molar-refractivity contribution is -0.135. The Labute approximate surface area is 88.0 Å². The zero-order valence-electron chi connectivity index (χ0n) is 7.21. The molecule has 1 aromatic carbocycles. The molecule has 0 aliphatic carbocycles. The first-order valence-corrected chi connectivity index (χ1v) is 4.43. The summed E-state index contributed by atoms with van der Waals surface area (Å²) in [5.74, 6) is -2.27. The number of hydrogen-bond acceptors (Lipinski definition) is 3. The molecule has 0 aliphatic rings. The smallest absolute Gasteiger partial charge is 0.379 e. The summed E-state index contributed by atoms with van der Waals surface area (Å²) < 4.78 is 17.1. The third kappa shape index (κ3) is 2.17. The van der Waals surface area contributed by atoms with Gasteiger partial charge in [-0.2, -0.15) is 0 Å². The van der Waals surface area contributed by atoms with Crippen LogP contribution in [0, 0.1) is 5.82 Å². The molecule has 0 radical (unpaired) electrons. The van der Waals surface area contributed by atoms with Crippen molar-refractivity contribution in [2.24, 2.45) is 0 Å². The number of ketones is 1. The Morgan fingerprint density at radius 3 is 2.57 bits per heavy atom. The molecule has 0 unspecified atom stereocenters. The lowest BCUT2D eigenvalue weighted by atomic mass is 10.1. The SMILES string of the molecule is COC(=O)C(=O)c1ccc(F)cc1Br. The topological polar surface area (TPSA) is 43.4 Å². The molecule has 0 atom stereocenters. The quantitative estimate of drug-likeness (QED) is 0.464. The van der Waals surface area contributed by atoms with Crippen LogP contribution in [0.3, 0.4) is 0 Å². The fourth-order valence-corrected chi connectivity index (χ4v) is 1.41. The second-order valence-electron chi connectivity index (χ2n) is 2.44. The largest absolute Gasteiger partial charge is 0.463 e. The van der Waals surface area contributed by atoms with Gasteiger partial charge in [0.2, 0.25) is 0 Å². The predicted molar refractivity (Wildman–Crippen MR) is 50.4 cm³/mol. The summed E-state index contributed by atoms with van der Waals surface area (Å²) in [5, 5.41) is 0. The molecule has 74 valence electrons. The summed E-state index contributed by atoms with van der Waals surface area (Å²) in [6.45, 7) is 0. The number of rotatable bonds is 2. The van der Waals surface area contributed by atoms with Crippen LogP contribution in [0.2, 0.25) is 0 Å². The Morgan fingerprint density at radius 2 is 2.07 bits per heavy atom. The maximum Gasteiger partial charge on any atom is 0.379 e. The highest BCUT2D eigenvalue weighted by Crippen LogP contribution is 2.18.